The molecule has 0 radical (unpaired) electrons. The molecule has 0 saturated carbocycles. The van der Waals surface area contributed by atoms with Crippen molar-refractivity contribution in [1.82, 2.24) is 4.98 Å². The number of nitrogens with zero attached hydrogens (tertiary/aromatic N) is 2. The third kappa shape index (κ3) is 2.44. The zero-order valence-electron chi connectivity index (χ0n) is 8.63. The van der Waals surface area contributed by atoms with E-state index in [-0.39, 0.29) is 0 Å². The fraction of sp³-hybridized carbons (Fsp3) is 0.0909. The predicted molar refractivity (Wildman–Crippen MR) is 53.4 cm³/mol. The van der Waals surface area contributed by atoms with Gasteiger partial charge in [-0.15, -0.1) is 0 Å². The molecule has 0 fully saturated rings. The molecule has 0 spiro atoms. The van der Waals surface area contributed by atoms with E-state index < -0.39 is 5.82 Å². The van der Waals surface area contributed by atoms with Crippen LogP contribution < -0.4 is 14.3 Å². The lowest BCUT2D eigenvalue weighted by molar-refractivity contribution is -0.886. The van der Waals surface area contributed by atoms with E-state index in [9.17, 15) is 4.39 Å². The number of hydrogen-bond acceptors (Lipinski definition) is 3. The predicted octanol–water partition coefficient (Wildman–Crippen LogP) is 1.36. The Morgan fingerprint density at radius 2 is 2.19 bits per heavy atom. The minimum atomic E-state index is -0.449. The molecule has 0 aliphatic carbocycles. The summed E-state index contributed by atoms with van der Waals surface area (Å²) in [5.41, 5.74) is 0. The molecule has 2 aromatic heterocycles. The van der Waals surface area contributed by atoms with Crippen LogP contribution in [-0.4, -0.2) is 12.1 Å². The molecule has 2 rings (SSSR count). The first-order chi connectivity index (χ1) is 7.78. The first-order valence-electron chi connectivity index (χ1n) is 4.63. The van der Waals surface area contributed by atoms with Gasteiger partial charge < -0.3 is 4.74 Å². The van der Waals surface area contributed by atoms with E-state index in [4.69, 9.17) is 9.57 Å². The summed E-state index contributed by atoms with van der Waals surface area (Å²) in [7, 11) is 1.43. The zero-order chi connectivity index (χ0) is 11.4. The van der Waals surface area contributed by atoms with Gasteiger partial charge in [0, 0.05) is 23.1 Å². The van der Waals surface area contributed by atoms with Gasteiger partial charge in [0.2, 0.25) is 11.6 Å². The van der Waals surface area contributed by atoms with Crippen molar-refractivity contribution in [2.24, 2.45) is 0 Å². The lowest BCUT2D eigenvalue weighted by Crippen LogP contribution is -2.40. The van der Waals surface area contributed by atoms with Gasteiger partial charge in [0.1, 0.15) is 7.11 Å². The summed E-state index contributed by atoms with van der Waals surface area (Å²) in [6, 6.07) is 6.49. The van der Waals surface area contributed by atoms with Gasteiger partial charge in [0.05, 0.1) is 0 Å². The molecule has 0 aromatic carbocycles. The lowest BCUT2D eigenvalue weighted by Gasteiger charge is -2.02. The Bertz CT molecular complexity index is 477. The van der Waals surface area contributed by atoms with E-state index in [1.54, 1.807) is 24.4 Å². The maximum absolute atomic E-state index is 13.1. The molecule has 82 valence electrons. The summed E-state index contributed by atoms with van der Waals surface area (Å²) in [5, 5.41) is 0. The van der Waals surface area contributed by atoms with Crippen molar-refractivity contribution >= 4 is 0 Å². The van der Waals surface area contributed by atoms with Crippen molar-refractivity contribution in [3.63, 3.8) is 0 Å². The summed E-state index contributed by atoms with van der Waals surface area (Å²) in [5.74, 6) is 0.270. The second-order valence-corrected chi connectivity index (χ2v) is 3.00. The van der Waals surface area contributed by atoms with Gasteiger partial charge in [-0.2, -0.15) is 0 Å². The van der Waals surface area contributed by atoms with Crippen LogP contribution in [0.5, 0.6) is 11.6 Å². The van der Waals surface area contributed by atoms with E-state index in [1.807, 2.05) is 0 Å². The molecule has 2 heterocycles. The first kappa shape index (κ1) is 10.4. The molecular formula is C11H10FN2O2+. The van der Waals surface area contributed by atoms with Gasteiger partial charge >= 0.3 is 0 Å². The average Bonchev–Trinajstić information content (AvgIpc) is 2.29. The van der Waals surface area contributed by atoms with Gasteiger partial charge in [-0.05, 0) is 6.07 Å². The minimum absolute atomic E-state index is 0.320. The minimum Gasteiger partial charge on any atom is -0.432 e. The maximum Gasteiger partial charge on any atom is 0.265 e. The number of ether oxygens (including phenoxy) is 1. The normalized spacial score (nSPS) is 9.88. The third-order valence-corrected chi connectivity index (χ3v) is 1.86. The molecule has 0 bridgehead atoms. The van der Waals surface area contributed by atoms with Crippen LogP contribution in [0.1, 0.15) is 0 Å². The summed E-state index contributed by atoms with van der Waals surface area (Å²) in [6.45, 7) is 0. The summed E-state index contributed by atoms with van der Waals surface area (Å²) < 4.78 is 19.7. The first-order valence-corrected chi connectivity index (χ1v) is 4.63. The smallest absolute Gasteiger partial charge is 0.265 e. The Morgan fingerprint density at radius 3 is 2.88 bits per heavy atom. The Kier molecular flexibility index (Phi) is 2.95. The third-order valence-electron chi connectivity index (χ3n) is 1.86. The summed E-state index contributed by atoms with van der Waals surface area (Å²) in [4.78, 5) is 8.81. The number of rotatable bonds is 3. The Morgan fingerprint density at radius 1 is 1.31 bits per heavy atom. The van der Waals surface area contributed by atoms with Crippen LogP contribution in [0.2, 0.25) is 0 Å². The van der Waals surface area contributed by atoms with Crippen LogP contribution in [0.4, 0.5) is 4.39 Å². The second-order valence-electron chi connectivity index (χ2n) is 3.00. The quantitative estimate of drug-likeness (QED) is 0.734. The molecule has 5 heteroatoms. The van der Waals surface area contributed by atoms with Crippen molar-refractivity contribution in [2.45, 2.75) is 0 Å². The zero-order valence-corrected chi connectivity index (χ0v) is 8.63. The molecule has 0 amide bonds. The van der Waals surface area contributed by atoms with Crippen molar-refractivity contribution in [1.29, 1.82) is 0 Å². The Hall–Kier alpha value is -2.17. The average molecular weight is 221 g/mol. The summed E-state index contributed by atoms with van der Waals surface area (Å²) in [6.07, 6.45) is 4.31. The van der Waals surface area contributed by atoms with Crippen LogP contribution in [-0.2, 0) is 0 Å². The van der Waals surface area contributed by atoms with Gasteiger partial charge in [0.25, 0.3) is 12.4 Å². The van der Waals surface area contributed by atoms with E-state index in [0.29, 0.717) is 11.6 Å². The number of pyridine rings is 2. The highest BCUT2D eigenvalue weighted by atomic mass is 19.1. The van der Waals surface area contributed by atoms with E-state index in [0.717, 1.165) is 0 Å². The molecule has 4 nitrogen and oxygen atoms in total. The SMILES string of the molecule is CO[n+]1cc(F)cc(Oc2ccccn2)c1. The van der Waals surface area contributed by atoms with Crippen LogP contribution >= 0.6 is 0 Å². The van der Waals surface area contributed by atoms with Gasteiger partial charge in [0.15, 0.2) is 5.82 Å². The molecule has 0 atom stereocenters. The van der Waals surface area contributed by atoms with Gasteiger partial charge in [-0.3, -0.25) is 4.84 Å². The van der Waals surface area contributed by atoms with Crippen molar-refractivity contribution in [3.8, 4) is 11.6 Å². The highest BCUT2D eigenvalue weighted by Gasteiger charge is 2.09. The maximum atomic E-state index is 13.1. The monoisotopic (exact) mass is 221 g/mol. The van der Waals surface area contributed by atoms with Crippen LogP contribution in [0, 0.1) is 5.82 Å². The fourth-order valence-electron chi connectivity index (χ4n) is 1.18. The van der Waals surface area contributed by atoms with Crippen LogP contribution in [0.25, 0.3) is 0 Å². The molecule has 0 aliphatic rings. The molecule has 0 aliphatic heterocycles. The van der Waals surface area contributed by atoms with Crippen molar-refractivity contribution in [2.75, 3.05) is 7.11 Å². The molecule has 0 unspecified atom stereocenters. The van der Waals surface area contributed by atoms with Crippen LogP contribution in [0.15, 0.2) is 42.9 Å². The molecule has 16 heavy (non-hydrogen) atoms. The fourth-order valence-corrected chi connectivity index (χ4v) is 1.18. The van der Waals surface area contributed by atoms with Crippen molar-refractivity contribution in [3.05, 3.63) is 48.7 Å². The molecule has 0 saturated heterocycles. The highest BCUT2D eigenvalue weighted by molar-refractivity contribution is 5.21. The second kappa shape index (κ2) is 4.57. The van der Waals surface area contributed by atoms with Gasteiger partial charge in [-0.25, -0.2) is 9.37 Å². The standard InChI is InChI=1S/C11H10FN2O2/c1-15-14-7-9(12)6-10(8-14)16-11-4-2-3-5-13-11/h2-8H,1H3/q+1. The summed E-state index contributed by atoms with van der Waals surface area (Å²) >= 11 is 0. The lowest BCUT2D eigenvalue weighted by atomic mass is 10.4. The number of hydrogen-bond donors (Lipinski definition) is 0. The Balaban J connectivity index is 2.24. The van der Waals surface area contributed by atoms with Crippen LogP contribution in [0.3, 0.4) is 0 Å². The van der Waals surface area contributed by atoms with E-state index >= 15 is 0 Å². The molecule has 2 aromatic rings. The molecule has 0 N–H and O–H groups in total. The van der Waals surface area contributed by atoms with E-state index in [1.165, 1.54) is 30.3 Å². The van der Waals surface area contributed by atoms with E-state index in [2.05, 4.69) is 4.98 Å². The Labute approximate surface area is 91.8 Å². The largest absolute Gasteiger partial charge is 0.432 e. The number of aromatic nitrogens is 2. The number of halogens is 1. The highest BCUT2D eigenvalue weighted by Crippen LogP contribution is 2.17. The van der Waals surface area contributed by atoms with Crippen molar-refractivity contribution < 1.29 is 18.7 Å². The van der Waals surface area contributed by atoms with Gasteiger partial charge in [-0.1, -0.05) is 6.07 Å². The molecular weight excluding hydrogens is 211 g/mol. The topological polar surface area (TPSA) is 35.2 Å².